The van der Waals surface area contributed by atoms with E-state index in [2.05, 4.69) is 0 Å². The lowest BCUT2D eigenvalue weighted by atomic mass is 10.1. The van der Waals surface area contributed by atoms with Gasteiger partial charge in [0.25, 0.3) is 11.5 Å². The number of benzene rings is 2. The first kappa shape index (κ1) is 13.9. The number of nitro groups is 1. The van der Waals surface area contributed by atoms with E-state index in [1.165, 1.54) is 24.3 Å². The second-order valence-electron chi connectivity index (χ2n) is 5.13. The van der Waals surface area contributed by atoms with Crippen molar-refractivity contribution >= 4 is 17.3 Å². The molecule has 0 atom stereocenters. The summed E-state index contributed by atoms with van der Waals surface area (Å²) in [7, 11) is 0. The molecule has 0 aliphatic carbocycles. The summed E-state index contributed by atoms with van der Waals surface area (Å²) < 4.78 is 1.81. The molecule has 1 aliphatic rings. The summed E-state index contributed by atoms with van der Waals surface area (Å²) in [6.45, 7) is 0.749. The molecular weight excluding hydrogens is 282 g/mol. The molecule has 2 aromatic rings. The third kappa shape index (κ3) is 2.46. The Hall–Kier alpha value is -3.02. The number of nitro benzene ring substituents is 1. The van der Waals surface area contributed by atoms with Crippen LogP contribution in [-0.4, -0.2) is 27.7 Å². The summed E-state index contributed by atoms with van der Waals surface area (Å²) in [6, 6.07) is 13.4. The lowest BCUT2D eigenvalue weighted by Crippen LogP contribution is -2.28. The van der Waals surface area contributed by atoms with Gasteiger partial charge < -0.3 is 0 Å². The molecule has 0 saturated heterocycles. The van der Waals surface area contributed by atoms with Crippen molar-refractivity contribution in [2.45, 2.75) is 6.54 Å². The van der Waals surface area contributed by atoms with E-state index in [9.17, 15) is 14.9 Å². The highest BCUT2D eigenvalue weighted by molar-refractivity contribution is 6.00. The third-order valence-corrected chi connectivity index (χ3v) is 3.73. The molecule has 2 N–H and O–H groups in total. The number of hydrogen-bond acceptors (Lipinski definition) is 4. The number of nitrogens with two attached hydrogens (primary N) is 1. The van der Waals surface area contributed by atoms with Gasteiger partial charge in [0.1, 0.15) is 13.1 Å². The van der Waals surface area contributed by atoms with Crippen LogP contribution in [0, 0.1) is 10.1 Å². The zero-order valence-corrected chi connectivity index (χ0v) is 11.7. The monoisotopic (exact) mass is 296 g/mol. The molecule has 0 unspecified atom stereocenters. The first-order valence-electron chi connectivity index (χ1n) is 6.79. The molecule has 22 heavy (non-hydrogen) atoms. The fourth-order valence-electron chi connectivity index (χ4n) is 2.54. The first-order chi connectivity index (χ1) is 10.6. The molecule has 2 aromatic carbocycles. The van der Waals surface area contributed by atoms with Crippen LogP contribution in [0.1, 0.15) is 21.5 Å². The molecule has 6 heteroatoms. The van der Waals surface area contributed by atoms with Crippen molar-refractivity contribution in [3.05, 3.63) is 75.3 Å². The van der Waals surface area contributed by atoms with Crippen molar-refractivity contribution in [2.75, 3.05) is 6.54 Å². The molecular formula is C16H14N3O3+. The van der Waals surface area contributed by atoms with Crippen molar-refractivity contribution in [1.29, 1.82) is 0 Å². The van der Waals surface area contributed by atoms with Gasteiger partial charge in [-0.15, -0.1) is 0 Å². The highest BCUT2D eigenvalue weighted by Gasteiger charge is 2.26. The van der Waals surface area contributed by atoms with Gasteiger partial charge in [0.15, 0.2) is 0 Å². The van der Waals surface area contributed by atoms with Crippen LogP contribution >= 0.6 is 0 Å². The van der Waals surface area contributed by atoms with Crippen LogP contribution in [0.2, 0.25) is 0 Å². The summed E-state index contributed by atoms with van der Waals surface area (Å²) in [4.78, 5) is 22.4. The molecule has 110 valence electrons. The van der Waals surface area contributed by atoms with Gasteiger partial charge in [-0.1, -0.05) is 18.2 Å². The van der Waals surface area contributed by atoms with E-state index in [1.807, 2.05) is 28.8 Å². The van der Waals surface area contributed by atoms with Gasteiger partial charge in [-0.3, -0.25) is 20.6 Å². The van der Waals surface area contributed by atoms with E-state index < -0.39 is 4.92 Å². The largest absolute Gasteiger partial charge is 0.290 e. The minimum atomic E-state index is -0.489. The van der Waals surface area contributed by atoms with Crippen LogP contribution in [0.4, 0.5) is 5.69 Å². The van der Waals surface area contributed by atoms with Gasteiger partial charge >= 0.3 is 0 Å². The zero-order valence-electron chi connectivity index (χ0n) is 11.7. The SMILES string of the molecule is NC1=[N+](CC(=O)c2ccc([N+](=O)[O-])cc2)Cc2ccccc21. The second-order valence-corrected chi connectivity index (χ2v) is 5.13. The van der Waals surface area contributed by atoms with Gasteiger partial charge in [-0.2, -0.15) is 0 Å². The van der Waals surface area contributed by atoms with Crippen molar-refractivity contribution in [3.8, 4) is 0 Å². The Labute approximate surface area is 126 Å². The highest BCUT2D eigenvalue weighted by Crippen LogP contribution is 2.17. The Kier molecular flexibility index (Phi) is 3.42. The van der Waals surface area contributed by atoms with E-state index in [0.717, 1.165) is 11.1 Å². The van der Waals surface area contributed by atoms with Crippen molar-refractivity contribution in [3.63, 3.8) is 0 Å². The molecule has 0 aromatic heterocycles. The van der Waals surface area contributed by atoms with Gasteiger partial charge in [0.05, 0.1) is 10.5 Å². The summed E-state index contributed by atoms with van der Waals surface area (Å²) in [5.41, 5.74) is 8.54. The van der Waals surface area contributed by atoms with Crippen LogP contribution in [0.3, 0.4) is 0 Å². The third-order valence-electron chi connectivity index (χ3n) is 3.73. The predicted molar refractivity (Wildman–Crippen MR) is 81.0 cm³/mol. The van der Waals surface area contributed by atoms with Gasteiger partial charge in [0.2, 0.25) is 5.78 Å². The van der Waals surface area contributed by atoms with Crippen molar-refractivity contribution < 1.29 is 14.3 Å². The van der Waals surface area contributed by atoms with E-state index in [1.54, 1.807) is 0 Å². The summed E-state index contributed by atoms with van der Waals surface area (Å²) in [6.07, 6.45) is 0. The van der Waals surface area contributed by atoms with Crippen LogP contribution in [0.25, 0.3) is 0 Å². The van der Waals surface area contributed by atoms with Gasteiger partial charge in [-0.05, 0) is 18.2 Å². The van der Waals surface area contributed by atoms with Crippen LogP contribution in [-0.2, 0) is 6.54 Å². The Morgan fingerprint density at radius 1 is 1.18 bits per heavy atom. The normalized spacial score (nSPS) is 13.1. The number of carbonyl (C=O) groups excluding carboxylic acids is 1. The lowest BCUT2D eigenvalue weighted by Gasteiger charge is -2.03. The maximum atomic E-state index is 12.3. The molecule has 0 radical (unpaired) electrons. The smallest absolute Gasteiger partial charge is 0.276 e. The molecule has 1 heterocycles. The molecule has 0 amide bonds. The number of non-ortho nitro benzene ring substituents is 1. The van der Waals surface area contributed by atoms with Crippen LogP contribution in [0.5, 0.6) is 0 Å². The Morgan fingerprint density at radius 3 is 2.50 bits per heavy atom. The Balaban J connectivity index is 1.78. The van der Waals surface area contributed by atoms with Crippen LogP contribution in [0.15, 0.2) is 48.5 Å². The minimum Gasteiger partial charge on any atom is -0.290 e. The van der Waals surface area contributed by atoms with E-state index >= 15 is 0 Å². The van der Waals surface area contributed by atoms with Crippen molar-refractivity contribution in [2.24, 2.45) is 5.73 Å². The Bertz CT molecular complexity index is 795. The second kappa shape index (κ2) is 5.40. The maximum absolute atomic E-state index is 12.3. The molecule has 0 fully saturated rings. The standard InChI is InChI=1S/C16H13N3O3/c17-16-14-4-2-1-3-12(14)9-18(16)10-15(20)11-5-7-13(8-6-11)19(21)22/h1-8,17H,9-10H2/p+1. The number of nitrogens with zero attached hydrogens (tertiary/aromatic N) is 2. The highest BCUT2D eigenvalue weighted by atomic mass is 16.6. The summed E-state index contributed by atoms with van der Waals surface area (Å²) in [5.74, 6) is 0.469. The number of ketones is 1. The fourth-order valence-corrected chi connectivity index (χ4v) is 2.54. The van der Waals surface area contributed by atoms with Gasteiger partial charge in [0, 0.05) is 23.3 Å². The van der Waals surface area contributed by atoms with E-state index in [4.69, 9.17) is 5.73 Å². The average Bonchev–Trinajstić information content (AvgIpc) is 2.84. The molecule has 6 nitrogen and oxygen atoms in total. The molecule has 1 aliphatic heterocycles. The number of hydrogen-bond donors (Lipinski definition) is 1. The quantitative estimate of drug-likeness (QED) is 0.402. The van der Waals surface area contributed by atoms with Gasteiger partial charge in [-0.25, -0.2) is 4.58 Å². The first-order valence-corrected chi connectivity index (χ1v) is 6.79. The summed E-state index contributed by atoms with van der Waals surface area (Å²) >= 11 is 0. The molecule has 0 spiro atoms. The van der Waals surface area contributed by atoms with Crippen LogP contribution < -0.4 is 5.73 Å². The van der Waals surface area contributed by atoms with E-state index in [0.29, 0.717) is 17.9 Å². The number of rotatable bonds is 4. The fraction of sp³-hybridized carbons (Fsp3) is 0.125. The average molecular weight is 296 g/mol. The summed E-state index contributed by atoms with van der Waals surface area (Å²) in [5, 5.41) is 10.6. The number of Topliss-reactive ketones (excluding diaryl/α,β-unsaturated/α-hetero) is 1. The number of carbonyl (C=O) groups is 1. The number of amidine groups is 1. The lowest BCUT2D eigenvalue weighted by molar-refractivity contribution is -0.526. The molecule has 3 rings (SSSR count). The topological polar surface area (TPSA) is 89.2 Å². The van der Waals surface area contributed by atoms with Crippen molar-refractivity contribution in [1.82, 2.24) is 0 Å². The zero-order chi connectivity index (χ0) is 15.7. The minimum absolute atomic E-state index is 0.0313. The molecule has 0 bridgehead atoms. The van der Waals surface area contributed by atoms with E-state index in [-0.39, 0.29) is 18.0 Å². The number of fused-ring (bicyclic) bond motifs is 1. The maximum Gasteiger partial charge on any atom is 0.276 e. The Morgan fingerprint density at radius 2 is 1.86 bits per heavy atom. The molecule has 0 saturated carbocycles. The predicted octanol–water partition coefficient (Wildman–Crippen LogP) is 1.71.